The highest BCUT2D eigenvalue weighted by Crippen LogP contribution is 2.24. The Labute approximate surface area is 131 Å². The molecule has 2 nitrogen and oxygen atoms in total. The lowest BCUT2D eigenvalue weighted by Gasteiger charge is -2.17. The van der Waals surface area contributed by atoms with Crippen LogP contribution in [0.4, 0.5) is 0 Å². The molecular formula is C18H21NOS. The summed E-state index contributed by atoms with van der Waals surface area (Å²) in [5.74, 6) is 0.0666. The fourth-order valence-corrected chi connectivity index (χ4v) is 2.91. The molecule has 110 valence electrons. The SMILES string of the molecule is Cc1ccc(SC(C)C(=O)NC(C)c2ccccc2)cc1. The molecule has 1 N–H and O–H groups in total. The van der Waals surface area contributed by atoms with Crippen molar-refractivity contribution >= 4 is 17.7 Å². The van der Waals surface area contributed by atoms with Gasteiger partial charge in [0.15, 0.2) is 0 Å². The molecule has 0 fully saturated rings. The predicted octanol–water partition coefficient (Wildman–Crippen LogP) is 4.35. The number of carbonyl (C=O) groups is 1. The van der Waals surface area contributed by atoms with Crippen LogP contribution in [-0.2, 0) is 4.79 Å². The van der Waals surface area contributed by atoms with Crippen LogP contribution in [0, 0.1) is 6.92 Å². The number of hydrogen-bond acceptors (Lipinski definition) is 2. The van der Waals surface area contributed by atoms with Crippen molar-refractivity contribution in [3.8, 4) is 0 Å². The second kappa shape index (κ2) is 7.32. The average molecular weight is 299 g/mol. The molecule has 3 heteroatoms. The third-order valence-electron chi connectivity index (χ3n) is 3.36. The number of carbonyl (C=O) groups excluding carboxylic acids is 1. The number of hydrogen-bond donors (Lipinski definition) is 1. The molecule has 0 aromatic heterocycles. The van der Waals surface area contributed by atoms with Gasteiger partial charge in [-0.15, -0.1) is 11.8 Å². The Balaban J connectivity index is 1.92. The minimum absolute atomic E-state index is 0.0276. The smallest absolute Gasteiger partial charge is 0.233 e. The number of nitrogens with one attached hydrogen (secondary N) is 1. The van der Waals surface area contributed by atoms with Gasteiger partial charge >= 0.3 is 0 Å². The van der Waals surface area contributed by atoms with Crippen LogP contribution in [0.1, 0.15) is 31.0 Å². The van der Waals surface area contributed by atoms with E-state index in [1.54, 1.807) is 11.8 Å². The van der Waals surface area contributed by atoms with Crippen LogP contribution in [0.2, 0.25) is 0 Å². The molecule has 0 heterocycles. The van der Waals surface area contributed by atoms with Crippen LogP contribution in [-0.4, -0.2) is 11.2 Å². The minimum Gasteiger partial charge on any atom is -0.349 e. The molecular weight excluding hydrogens is 278 g/mol. The van der Waals surface area contributed by atoms with Crippen LogP contribution in [0.3, 0.4) is 0 Å². The fraction of sp³-hybridized carbons (Fsp3) is 0.278. The van der Waals surface area contributed by atoms with Crippen molar-refractivity contribution < 1.29 is 4.79 Å². The highest BCUT2D eigenvalue weighted by molar-refractivity contribution is 8.00. The number of amides is 1. The van der Waals surface area contributed by atoms with E-state index in [1.807, 2.05) is 44.2 Å². The Morgan fingerprint density at radius 3 is 2.24 bits per heavy atom. The lowest BCUT2D eigenvalue weighted by molar-refractivity contribution is -0.120. The maximum absolute atomic E-state index is 12.3. The van der Waals surface area contributed by atoms with Crippen molar-refractivity contribution in [3.63, 3.8) is 0 Å². The Morgan fingerprint density at radius 2 is 1.62 bits per heavy atom. The summed E-state index contributed by atoms with van der Waals surface area (Å²) in [6.45, 7) is 6.01. The van der Waals surface area contributed by atoms with Gasteiger partial charge in [0.1, 0.15) is 0 Å². The van der Waals surface area contributed by atoms with Gasteiger partial charge in [0.05, 0.1) is 11.3 Å². The van der Waals surface area contributed by atoms with Crippen molar-refractivity contribution in [2.24, 2.45) is 0 Å². The van der Waals surface area contributed by atoms with E-state index in [0.29, 0.717) is 0 Å². The van der Waals surface area contributed by atoms with Gasteiger partial charge in [-0.2, -0.15) is 0 Å². The van der Waals surface area contributed by atoms with Crippen molar-refractivity contribution in [1.82, 2.24) is 5.32 Å². The molecule has 0 spiro atoms. The van der Waals surface area contributed by atoms with Gasteiger partial charge in [0.2, 0.25) is 5.91 Å². The quantitative estimate of drug-likeness (QED) is 0.831. The van der Waals surface area contributed by atoms with Crippen LogP contribution >= 0.6 is 11.8 Å². The molecule has 1 amide bonds. The van der Waals surface area contributed by atoms with Gasteiger partial charge in [-0.3, -0.25) is 4.79 Å². The van der Waals surface area contributed by atoms with E-state index < -0.39 is 0 Å². The standard InChI is InChI=1S/C18H21NOS/c1-13-9-11-17(12-10-13)21-15(3)18(20)19-14(2)16-7-5-4-6-8-16/h4-12,14-15H,1-3H3,(H,19,20). The van der Waals surface area contributed by atoms with Crippen molar-refractivity contribution in [3.05, 3.63) is 65.7 Å². The van der Waals surface area contributed by atoms with Crippen molar-refractivity contribution in [1.29, 1.82) is 0 Å². The number of aryl methyl sites for hydroxylation is 1. The maximum atomic E-state index is 12.3. The van der Waals surface area contributed by atoms with Crippen LogP contribution in [0.25, 0.3) is 0 Å². The predicted molar refractivity (Wildman–Crippen MR) is 89.5 cm³/mol. The zero-order valence-corrected chi connectivity index (χ0v) is 13.5. The van der Waals surface area contributed by atoms with Crippen LogP contribution < -0.4 is 5.32 Å². The van der Waals surface area contributed by atoms with Crippen molar-refractivity contribution in [2.75, 3.05) is 0 Å². The van der Waals surface area contributed by atoms with Gasteiger partial charge in [-0.25, -0.2) is 0 Å². The zero-order chi connectivity index (χ0) is 15.2. The van der Waals surface area contributed by atoms with E-state index >= 15 is 0 Å². The molecule has 0 radical (unpaired) electrons. The lowest BCUT2D eigenvalue weighted by Crippen LogP contribution is -2.33. The van der Waals surface area contributed by atoms with E-state index in [0.717, 1.165) is 10.5 Å². The summed E-state index contributed by atoms with van der Waals surface area (Å²) in [7, 11) is 0. The third kappa shape index (κ3) is 4.64. The number of benzene rings is 2. The largest absolute Gasteiger partial charge is 0.349 e. The molecule has 0 saturated carbocycles. The van der Waals surface area contributed by atoms with Gasteiger partial charge in [0, 0.05) is 4.90 Å². The summed E-state index contributed by atoms with van der Waals surface area (Å²) in [6, 6.07) is 18.3. The highest BCUT2D eigenvalue weighted by atomic mass is 32.2. The van der Waals surface area contributed by atoms with Gasteiger partial charge < -0.3 is 5.32 Å². The average Bonchev–Trinajstić information content (AvgIpc) is 2.50. The van der Waals surface area contributed by atoms with E-state index in [1.165, 1.54) is 5.56 Å². The second-order valence-corrected chi connectivity index (χ2v) is 6.63. The summed E-state index contributed by atoms with van der Waals surface area (Å²) in [4.78, 5) is 13.4. The Kier molecular flexibility index (Phi) is 5.45. The number of rotatable bonds is 5. The van der Waals surface area contributed by atoms with E-state index in [-0.39, 0.29) is 17.2 Å². The first-order valence-corrected chi connectivity index (χ1v) is 8.03. The molecule has 0 aliphatic carbocycles. The number of thioether (sulfide) groups is 1. The monoisotopic (exact) mass is 299 g/mol. The first kappa shape index (κ1) is 15.6. The molecule has 2 unspecified atom stereocenters. The molecule has 21 heavy (non-hydrogen) atoms. The first-order chi connectivity index (χ1) is 10.1. The van der Waals surface area contributed by atoms with Gasteiger partial charge in [0.25, 0.3) is 0 Å². The molecule has 2 rings (SSSR count). The lowest BCUT2D eigenvalue weighted by atomic mass is 10.1. The Hall–Kier alpha value is -1.74. The molecule has 0 aliphatic heterocycles. The Morgan fingerprint density at radius 1 is 1.00 bits per heavy atom. The van der Waals surface area contributed by atoms with E-state index in [2.05, 4.69) is 36.5 Å². The Bertz CT molecular complexity index is 580. The normalized spacial score (nSPS) is 13.5. The zero-order valence-electron chi connectivity index (χ0n) is 12.7. The first-order valence-electron chi connectivity index (χ1n) is 7.15. The second-order valence-electron chi connectivity index (χ2n) is 5.21. The minimum atomic E-state index is -0.112. The fourth-order valence-electron chi connectivity index (χ4n) is 2.03. The molecule has 0 bridgehead atoms. The summed E-state index contributed by atoms with van der Waals surface area (Å²) < 4.78 is 0. The molecule has 0 saturated heterocycles. The molecule has 0 aliphatic rings. The molecule has 2 aromatic carbocycles. The van der Waals surface area contributed by atoms with Crippen molar-refractivity contribution in [2.45, 2.75) is 37.0 Å². The third-order valence-corrected chi connectivity index (χ3v) is 4.47. The maximum Gasteiger partial charge on any atom is 0.233 e. The molecule has 2 atom stereocenters. The topological polar surface area (TPSA) is 29.1 Å². The van der Waals surface area contributed by atoms with Crippen LogP contribution in [0.15, 0.2) is 59.5 Å². The van der Waals surface area contributed by atoms with Crippen LogP contribution in [0.5, 0.6) is 0 Å². The highest BCUT2D eigenvalue weighted by Gasteiger charge is 2.17. The van der Waals surface area contributed by atoms with Gasteiger partial charge in [-0.1, -0.05) is 48.0 Å². The van der Waals surface area contributed by atoms with E-state index in [9.17, 15) is 4.79 Å². The summed E-state index contributed by atoms with van der Waals surface area (Å²) in [5, 5.41) is 2.96. The van der Waals surface area contributed by atoms with E-state index in [4.69, 9.17) is 0 Å². The van der Waals surface area contributed by atoms with Gasteiger partial charge in [-0.05, 0) is 38.5 Å². The summed E-state index contributed by atoms with van der Waals surface area (Å²) in [6.07, 6.45) is 0. The molecule has 2 aromatic rings. The summed E-state index contributed by atoms with van der Waals surface area (Å²) in [5.41, 5.74) is 2.35. The summed E-state index contributed by atoms with van der Waals surface area (Å²) >= 11 is 1.59.